The van der Waals surface area contributed by atoms with Gasteiger partial charge in [-0.05, 0) is 31.0 Å². The fourth-order valence-corrected chi connectivity index (χ4v) is 2.19. The maximum Gasteiger partial charge on any atom is 0.129 e. The van der Waals surface area contributed by atoms with Crippen LogP contribution in [0.5, 0.6) is 0 Å². The summed E-state index contributed by atoms with van der Waals surface area (Å²) < 4.78 is 0. The van der Waals surface area contributed by atoms with E-state index in [1.165, 1.54) is 11.1 Å². The molecule has 0 saturated heterocycles. The van der Waals surface area contributed by atoms with Crippen LogP contribution in [0.15, 0.2) is 36.5 Å². The van der Waals surface area contributed by atoms with Crippen LogP contribution in [0.4, 0.5) is 11.5 Å². The van der Waals surface area contributed by atoms with Crippen LogP contribution < -0.4 is 11.1 Å². The Bertz CT molecular complexity index is 586. The zero-order chi connectivity index (χ0) is 14.8. The number of aryl methyl sites for hydroxylation is 2. The molecule has 0 aliphatic carbocycles. The van der Waals surface area contributed by atoms with Crippen molar-refractivity contribution in [3.8, 4) is 0 Å². The number of pyridine rings is 1. The molecule has 0 unspecified atom stereocenters. The third-order valence-electron chi connectivity index (χ3n) is 3.63. The van der Waals surface area contributed by atoms with Gasteiger partial charge in [0.05, 0.1) is 11.9 Å². The van der Waals surface area contributed by atoms with E-state index in [1.807, 2.05) is 13.0 Å². The Labute approximate surface area is 121 Å². The zero-order valence-corrected chi connectivity index (χ0v) is 12.7. The number of nitrogen functional groups attached to an aromatic ring is 1. The van der Waals surface area contributed by atoms with Crippen LogP contribution in [0.25, 0.3) is 0 Å². The monoisotopic (exact) mass is 269 g/mol. The molecule has 0 amide bonds. The highest BCUT2D eigenvalue weighted by atomic mass is 15.0. The molecule has 3 nitrogen and oxygen atoms in total. The minimum absolute atomic E-state index is 0.0448. The lowest BCUT2D eigenvalue weighted by Crippen LogP contribution is -2.28. The molecule has 0 aliphatic heterocycles. The summed E-state index contributed by atoms with van der Waals surface area (Å²) in [6.07, 6.45) is 1.69. The molecule has 2 rings (SSSR count). The summed E-state index contributed by atoms with van der Waals surface area (Å²) in [5.74, 6) is 0.902. The molecule has 1 aromatic heterocycles. The Hall–Kier alpha value is -2.03. The first kappa shape index (κ1) is 14.4. The normalized spacial score (nSPS) is 11.4. The molecule has 3 heteroatoms. The molecule has 1 aromatic carbocycles. The summed E-state index contributed by atoms with van der Waals surface area (Å²) in [7, 11) is 0. The second-order valence-corrected chi connectivity index (χ2v) is 6.04. The Kier molecular flexibility index (Phi) is 3.98. The molecule has 0 bridgehead atoms. The van der Waals surface area contributed by atoms with E-state index in [4.69, 9.17) is 5.73 Å². The van der Waals surface area contributed by atoms with Gasteiger partial charge in [0.2, 0.25) is 0 Å². The van der Waals surface area contributed by atoms with E-state index in [-0.39, 0.29) is 5.41 Å². The van der Waals surface area contributed by atoms with Gasteiger partial charge in [-0.2, -0.15) is 0 Å². The van der Waals surface area contributed by atoms with Crippen molar-refractivity contribution in [2.45, 2.75) is 33.1 Å². The number of aromatic nitrogens is 1. The fourth-order valence-electron chi connectivity index (χ4n) is 2.19. The first-order chi connectivity index (χ1) is 9.38. The van der Waals surface area contributed by atoms with Crippen molar-refractivity contribution in [3.63, 3.8) is 0 Å². The average Bonchev–Trinajstić information content (AvgIpc) is 2.38. The van der Waals surface area contributed by atoms with Crippen LogP contribution in [-0.2, 0) is 5.41 Å². The second-order valence-electron chi connectivity index (χ2n) is 6.04. The molecule has 0 aliphatic rings. The van der Waals surface area contributed by atoms with E-state index in [1.54, 1.807) is 6.20 Å². The average molecular weight is 269 g/mol. The van der Waals surface area contributed by atoms with Gasteiger partial charge in [0.25, 0.3) is 0 Å². The minimum Gasteiger partial charge on any atom is -0.397 e. The van der Waals surface area contributed by atoms with Crippen molar-refractivity contribution in [1.82, 2.24) is 4.98 Å². The van der Waals surface area contributed by atoms with Crippen LogP contribution in [-0.4, -0.2) is 11.5 Å². The molecule has 0 fully saturated rings. The van der Waals surface area contributed by atoms with Gasteiger partial charge in [-0.25, -0.2) is 4.98 Å². The molecule has 2 aromatic rings. The second kappa shape index (κ2) is 5.53. The van der Waals surface area contributed by atoms with Crippen molar-refractivity contribution in [1.29, 1.82) is 0 Å². The molecule has 0 spiro atoms. The Morgan fingerprint density at radius 2 is 1.80 bits per heavy atom. The third-order valence-corrected chi connectivity index (χ3v) is 3.63. The maximum atomic E-state index is 5.72. The number of anilines is 2. The summed E-state index contributed by atoms with van der Waals surface area (Å²) >= 11 is 0. The number of hydrogen-bond donors (Lipinski definition) is 2. The quantitative estimate of drug-likeness (QED) is 0.890. The zero-order valence-electron chi connectivity index (χ0n) is 12.7. The number of nitrogens with two attached hydrogens (primary N) is 1. The minimum atomic E-state index is 0.0448. The van der Waals surface area contributed by atoms with E-state index in [0.29, 0.717) is 5.69 Å². The lowest BCUT2D eigenvalue weighted by Gasteiger charge is -2.26. The maximum absolute atomic E-state index is 5.72. The van der Waals surface area contributed by atoms with Gasteiger partial charge in [-0.15, -0.1) is 0 Å². The van der Waals surface area contributed by atoms with Crippen LogP contribution in [0.3, 0.4) is 0 Å². The predicted octanol–water partition coefficient (Wildman–Crippen LogP) is 3.67. The predicted molar refractivity (Wildman–Crippen MR) is 86.1 cm³/mol. The summed E-state index contributed by atoms with van der Waals surface area (Å²) in [5.41, 5.74) is 10.2. The van der Waals surface area contributed by atoms with Crippen molar-refractivity contribution in [2.75, 3.05) is 17.6 Å². The van der Waals surface area contributed by atoms with E-state index < -0.39 is 0 Å². The van der Waals surface area contributed by atoms with E-state index in [9.17, 15) is 0 Å². The molecular weight excluding hydrogens is 246 g/mol. The van der Waals surface area contributed by atoms with Gasteiger partial charge in [0.15, 0.2) is 0 Å². The first-order valence-electron chi connectivity index (χ1n) is 6.91. The topological polar surface area (TPSA) is 50.9 Å². The number of nitrogens with one attached hydrogen (secondary N) is 1. The lowest BCUT2D eigenvalue weighted by molar-refractivity contribution is 0.556. The van der Waals surface area contributed by atoms with Gasteiger partial charge >= 0.3 is 0 Å². The molecule has 3 N–H and O–H groups in total. The molecule has 1 heterocycles. The highest BCUT2D eigenvalue weighted by molar-refractivity contribution is 5.51. The first-order valence-corrected chi connectivity index (χ1v) is 6.91. The summed E-state index contributed by atoms with van der Waals surface area (Å²) in [4.78, 5) is 4.35. The van der Waals surface area contributed by atoms with Gasteiger partial charge in [-0.1, -0.05) is 43.7 Å². The highest BCUT2D eigenvalue weighted by Crippen LogP contribution is 2.24. The third kappa shape index (κ3) is 3.29. The van der Waals surface area contributed by atoms with Crippen LogP contribution in [0, 0.1) is 13.8 Å². The van der Waals surface area contributed by atoms with Crippen molar-refractivity contribution < 1.29 is 0 Å². The number of rotatable bonds is 4. The highest BCUT2D eigenvalue weighted by Gasteiger charge is 2.20. The number of nitrogens with zero attached hydrogens (tertiary/aromatic N) is 1. The fraction of sp³-hybridized carbons (Fsp3) is 0.353. The van der Waals surface area contributed by atoms with Crippen LogP contribution in [0.2, 0.25) is 0 Å². The van der Waals surface area contributed by atoms with Gasteiger partial charge < -0.3 is 11.1 Å². The smallest absolute Gasteiger partial charge is 0.129 e. The van der Waals surface area contributed by atoms with Gasteiger partial charge in [-0.3, -0.25) is 0 Å². The lowest BCUT2D eigenvalue weighted by atomic mass is 9.84. The van der Waals surface area contributed by atoms with E-state index in [2.05, 4.69) is 55.3 Å². The molecule has 20 heavy (non-hydrogen) atoms. The SMILES string of the molecule is Cc1ccc(C(C)(C)CNc2ncc(N)cc2C)cc1. The van der Waals surface area contributed by atoms with Crippen LogP contribution in [0.1, 0.15) is 30.5 Å². The van der Waals surface area contributed by atoms with E-state index >= 15 is 0 Å². The summed E-state index contributed by atoms with van der Waals surface area (Å²) in [5, 5.41) is 3.43. The van der Waals surface area contributed by atoms with Crippen molar-refractivity contribution in [3.05, 3.63) is 53.2 Å². The molecular formula is C17H23N3. The Morgan fingerprint density at radius 3 is 2.40 bits per heavy atom. The Balaban J connectivity index is 2.10. The summed E-state index contributed by atoms with van der Waals surface area (Å²) in [6, 6.07) is 10.6. The number of hydrogen-bond acceptors (Lipinski definition) is 3. The Morgan fingerprint density at radius 1 is 1.15 bits per heavy atom. The van der Waals surface area contributed by atoms with Crippen LogP contribution >= 0.6 is 0 Å². The van der Waals surface area contributed by atoms with Crippen molar-refractivity contribution in [2.24, 2.45) is 0 Å². The number of benzene rings is 1. The van der Waals surface area contributed by atoms with Crippen molar-refractivity contribution >= 4 is 11.5 Å². The van der Waals surface area contributed by atoms with E-state index in [0.717, 1.165) is 17.9 Å². The standard InChI is InChI=1S/C17H23N3/c1-12-5-7-14(8-6-12)17(3,4)11-20-16-13(2)9-15(18)10-19-16/h5-10H,11,18H2,1-4H3,(H,19,20). The largest absolute Gasteiger partial charge is 0.397 e. The van der Waals surface area contributed by atoms with Gasteiger partial charge in [0, 0.05) is 12.0 Å². The molecule has 0 radical (unpaired) electrons. The molecule has 0 saturated carbocycles. The molecule has 106 valence electrons. The van der Waals surface area contributed by atoms with Gasteiger partial charge in [0.1, 0.15) is 5.82 Å². The summed E-state index contributed by atoms with van der Waals surface area (Å²) in [6.45, 7) is 9.42. The molecule has 0 atom stereocenters.